The minimum atomic E-state index is -1.03. The van der Waals surface area contributed by atoms with Gasteiger partial charge in [-0.15, -0.1) is 0 Å². The van der Waals surface area contributed by atoms with Crippen molar-refractivity contribution in [2.75, 3.05) is 7.11 Å². The van der Waals surface area contributed by atoms with Crippen LogP contribution in [-0.4, -0.2) is 40.0 Å². The highest BCUT2D eigenvalue weighted by atomic mass is 16.5. The largest absolute Gasteiger partial charge is 0.497 e. The Bertz CT molecular complexity index is 1210. The van der Waals surface area contributed by atoms with Crippen LogP contribution < -0.4 is 10.1 Å². The van der Waals surface area contributed by atoms with E-state index in [0.717, 1.165) is 48.3 Å². The van der Waals surface area contributed by atoms with E-state index in [1.165, 1.54) is 12.8 Å². The minimum Gasteiger partial charge on any atom is -0.497 e. The average molecular weight is 486 g/mol. The molecule has 1 aliphatic heterocycles. The van der Waals surface area contributed by atoms with Crippen LogP contribution in [0.15, 0.2) is 66.7 Å². The van der Waals surface area contributed by atoms with E-state index in [4.69, 9.17) is 4.74 Å². The van der Waals surface area contributed by atoms with Gasteiger partial charge in [0.1, 0.15) is 17.0 Å². The number of benzene rings is 2. The van der Waals surface area contributed by atoms with Crippen LogP contribution in [0.2, 0.25) is 0 Å². The SMILES string of the molecule is COc1ccc(CN2C(=O)c3ccc(-c4ccccc4)n3CC2(C)C(=O)NC2CCCCCC2)cc1. The number of nitrogens with zero attached hydrogens (tertiary/aromatic N) is 2. The summed E-state index contributed by atoms with van der Waals surface area (Å²) in [5.41, 5.74) is 2.53. The van der Waals surface area contributed by atoms with E-state index in [2.05, 4.69) is 5.32 Å². The predicted molar refractivity (Wildman–Crippen MR) is 141 cm³/mol. The molecule has 2 heterocycles. The second-order valence-corrected chi connectivity index (χ2v) is 10.2. The Morgan fingerprint density at radius 1 is 0.944 bits per heavy atom. The van der Waals surface area contributed by atoms with Crippen molar-refractivity contribution in [1.82, 2.24) is 14.8 Å². The Morgan fingerprint density at radius 3 is 2.28 bits per heavy atom. The summed E-state index contributed by atoms with van der Waals surface area (Å²) in [7, 11) is 1.64. The van der Waals surface area contributed by atoms with Crippen LogP contribution in [-0.2, 0) is 17.9 Å². The topological polar surface area (TPSA) is 63.6 Å². The minimum absolute atomic E-state index is 0.0744. The Morgan fingerprint density at radius 2 is 1.61 bits per heavy atom. The number of hydrogen-bond acceptors (Lipinski definition) is 3. The molecule has 0 spiro atoms. The summed E-state index contributed by atoms with van der Waals surface area (Å²) in [5, 5.41) is 3.34. The normalized spacial score (nSPS) is 20.5. The molecule has 6 heteroatoms. The average Bonchev–Trinajstić information content (AvgIpc) is 3.15. The maximum absolute atomic E-state index is 14.0. The third-order valence-electron chi connectivity index (χ3n) is 7.76. The first-order chi connectivity index (χ1) is 17.5. The van der Waals surface area contributed by atoms with Crippen molar-refractivity contribution in [3.8, 4) is 17.0 Å². The molecule has 1 aliphatic carbocycles. The fourth-order valence-corrected chi connectivity index (χ4v) is 5.56. The zero-order valence-corrected chi connectivity index (χ0v) is 21.2. The summed E-state index contributed by atoms with van der Waals surface area (Å²) in [6.07, 6.45) is 6.71. The highest BCUT2D eigenvalue weighted by molar-refractivity contribution is 6.00. The Labute approximate surface area is 213 Å². The summed E-state index contributed by atoms with van der Waals surface area (Å²) in [6.45, 7) is 2.67. The van der Waals surface area contributed by atoms with Crippen molar-refractivity contribution in [3.63, 3.8) is 0 Å². The number of fused-ring (bicyclic) bond motifs is 1. The Kier molecular flexibility index (Phi) is 6.86. The zero-order valence-electron chi connectivity index (χ0n) is 21.2. The number of aromatic nitrogens is 1. The van der Waals surface area contributed by atoms with E-state index < -0.39 is 5.54 Å². The molecule has 0 bridgehead atoms. The second-order valence-electron chi connectivity index (χ2n) is 10.2. The Balaban J connectivity index is 1.51. The van der Waals surface area contributed by atoms with Gasteiger partial charge in [0, 0.05) is 18.3 Å². The molecule has 1 saturated carbocycles. The third-order valence-corrected chi connectivity index (χ3v) is 7.76. The molecular formula is C30H35N3O3. The Hall–Kier alpha value is -3.54. The highest BCUT2D eigenvalue weighted by Gasteiger charge is 2.48. The smallest absolute Gasteiger partial charge is 0.271 e. The van der Waals surface area contributed by atoms with Gasteiger partial charge in [-0.1, -0.05) is 68.1 Å². The van der Waals surface area contributed by atoms with Gasteiger partial charge in [0.15, 0.2) is 0 Å². The summed E-state index contributed by atoms with van der Waals surface area (Å²) in [4.78, 5) is 29.7. The van der Waals surface area contributed by atoms with E-state index in [1.807, 2.05) is 78.2 Å². The van der Waals surface area contributed by atoms with Crippen LogP contribution in [0.1, 0.15) is 61.5 Å². The molecule has 2 aromatic carbocycles. The van der Waals surface area contributed by atoms with Crippen LogP contribution in [0, 0.1) is 0 Å². The quantitative estimate of drug-likeness (QED) is 0.475. The number of amides is 2. The van der Waals surface area contributed by atoms with E-state index in [1.54, 1.807) is 12.0 Å². The van der Waals surface area contributed by atoms with Crippen LogP contribution in [0.5, 0.6) is 5.75 Å². The fourth-order valence-electron chi connectivity index (χ4n) is 5.56. The second kappa shape index (κ2) is 10.2. The van der Waals surface area contributed by atoms with Crippen molar-refractivity contribution in [2.24, 2.45) is 0 Å². The van der Waals surface area contributed by atoms with E-state index in [0.29, 0.717) is 18.8 Å². The molecule has 1 atom stereocenters. The van der Waals surface area contributed by atoms with Gasteiger partial charge in [0.05, 0.1) is 13.7 Å². The lowest BCUT2D eigenvalue weighted by Gasteiger charge is -2.45. The first kappa shape index (κ1) is 24.2. The van der Waals surface area contributed by atoms with Gasteiger partial charge in [0.2, 0.25) is 5.91 Å². The summed E-state index contributed by atoms with van der Waals surface area (Å²) >= 11 is 0. The van der Waals surface area contributed by atoms with Crippen molar-refractivity contribution in [1.29, 1.82) is 0 Å². The molecule has 5 rings (SSSR count). The van der Waals surface area contributed by atoms with Gasteiger partial charge in [-0.3, -0.25) is 9.59 Å². The first-order valence-corrected chi connectivity index (χ1v) is 13.0. The predicted octanol–water partition coefficient (Wildman–Crippen LogP) is 5.42. The number of rotatable bonds is 6. The summed E-state index contributed by atoms with van der Waals surface area (Å²) in [6, 6.07) is 21.8. The van der Waals surface area contributed by atoms with Crippen molar-refractivity contribution in [3.05, 3.63) is 78.0 Å². The maximum atomic E-state index is 14.0. The molecule has 6 nitrogen and oxygen atoms in total. The molecule has 2 aliphatic rings. The first-order valence-electron chi connectivity index (χ1n) is 13.0. The molecule has 3 aromatic rings. The number of hydrogen-bond donors (Lipinski definition) is 1. The van der Waals surface area contributed by atoms with Crippen LogP contribution in [0.25, 0.3) is 11.3 Å². The van der Waals surface area contributed by atoms with Crippen LogP contribution >= 0.6 is 0 Å². The van der Waals surface area contributed by atoms with Gasteiger partial charge in [-0.25, -0.2) is 0 Å². The molecule has 36 heavy (non-hydrogen) atoms. The number of nitrogens with one attached hydrogen (secondary N) is 1. The number of carbonyl (C=O) groups is 2. The zero-order chi connectivity index (χ0) is 25.1. The van der Waals surface area contributed by atoms with Crippen molar-refractivity contribution < 1.29 is 14.3 Å². The van der Waals surface area contributed by atoms with Gasteiger partial charge in [-0.2, -0.15) is 0 Å². The molecule has 0 saturated heterocycles. The highest BCUT2D eigenvalue weighted by Crippen LogP contribution is 2.34. The van der Waals surface area contributed by atoms with Gasteiger partial charge in [-0.05, 0) is 55.2 Å². The molecule has 1 fully saturated rings. The molecule has 1 unspecified atom stereocenters. The number of carbonyl (C=O) groups excluding carboxylic acids is 2. The van der Waals surface area contributed by atoms with Crippen LogP contribution in [0.3, 0.4) is 0 Å². The van der Waals surface area contributed by atoms with Crippen LogP contribution in [0.4, 0.5) is 0 Å². The van der Waals surface area contributed by atoms with E-state index in [9.17, 15) is 9.59 Å². The molecule has 2 amide bonds. The van der Waals surface area contributed by atoms with Crippen molar-refractivity contribution >= 4 is 11.8 Å². The lowest BCUT2D eigenvalue weighted by atomic mass is 9.92. The fraction of sp³-hybridized carbons (Fsp3) is 0.400. The van der Waals surface area contributed by atoms with Gasteiger partial charge < -0.3 is 19.5 Å². The standard InChI is InChI=1S/C30H35N3O3/c1-30(29(35)31-24-12-8-3-4-9-13-24)21-32-26(23-10-6-5-7-11-23)18-19-27(32)28(34)33(30)20-22-14-16-25(36-2)17-15-22/h5-7,10-11,14-19,24H,3-4,8-9,12-13,20-21H2,1-2H3,(H,31,35). The molecule has 1 aromatic heterocycles. The van der Waals surface area contributed by atoms with Crippen molar-refractivity contribution in [2.45, 2.75) is 70.1 Å². The number of methoxy groups -OCH3 is 1. The van der Waals surface area contributed by atoms with E-state index in [-0.39, 0.29) is 17.9 Å². The molecule has 1 N–H and O–H groups in total. The summed E-state index contributed by atoms with van der Waals surface area (Å²) in [5.74, 6) is 0.561. The number of ether oxygens (including phenoxy) is 1. The molecular weight excluding hydrogens is 450 g/mol. The van der Waals surface area contributed by atoms with E-state index >= 15 is 0 Å². The summed E-state index contributed by atoms with van der Waals surface area (Å²) < 4.78 is 7.32. The lowest BCUT2D eigenvalue weighted by molar-refractivity contribution is -0.134. The monoisotopic (exact) mass is 485 g/mol. The maximum Gasteiger partial charge on any atom is 0.271 e. The lowest BCUT2D eigenvalue weighted by Crippen LogP contribution is -2.64. The molecule has 0 radical (unpaired) electrons. The van der Waals surface area contributed by atoms with Gasteiger partial charge in [0.25, 0.3) is 5.91 Å². The third kappa shape index (κ3) is 4.64. The molecule has 188 valence electrons. The van der Waals surface area contributed by atoms with Gasteiger partial charge >= 0.3 is 0 Å².